The summed E-state index contributed by atoms with van der Waals surface area (Å²) < 4.78 is 0. The lowest BCUT2D eigenvalue weighted by atomic mass is 9.97. The molecular weight excluding hydrogens is 1250 g/mol. The molecular formula is C76H126N14O9. The number of hydrogen-bond acceptors (Lipinski definition) is 12. The monoisotopic (exact) mass is 1380 g/mol. The summed E-state index contributed by atoms with van der Waals surface area (Å²) in [5.74, 6) is -1.22. The fourth-order valence-electron chi connectivity index (χ4n) is 12.9. The molecule has 0 saturated heterocycles. The number of nitrogens with two attached hydrogens (primary N) is 4. The van der Waals surface area contributed by atoms with Crippen LogP contribution < -0.4 is 65.5 Å². The number of rotatable bonds is 53. The maximum Gasteiger partial charge on any atom is 0.220 e. The Kier molecular flexibility index (Phi) is 39.8. The lowest BCUT2D eigenvalue weighted by Gasteiger charge is -2.25. The van der Waals surface area contributed by atoms with Crippen LogP contribution in [0.1, 0.15) is 233 Å². The quantitative estimate of drug-likeness (QED) is 0.0185. The van der Waals surface area contributed by atoms with Crippen molar-refractivity contribution in [3.63, 3.8) is 0 Å². The number of fused-ring (bicyclic) bond motifs is 2. The topological polar surface area (TPSA) is 386 Å². The van der Waals surface area contributed by atoms with Crippen molar-refractivity contribution in [1.29, 1.82) is 0 Å². The van der Waals surface area contributed by atoms with E-state index in [-0.39, 0.29) is 159 Å². The van der Waals surface area contributed by atoms with Crippen LogP contribution in [0.5, 0.6) is 0 Å². The van der Waals surface area contributed by atoms with Crippen molar-refractivity contribution >= 4 is 75.0 Å². The lowest BCUT2D eigenvalue weighted by molar-refractivity contribution is -0.125. The van der Waals surface area contributed by atoms with E-state index < -0.39 is 18.0 Å². The molecule has 23 nitrogen and oxygen atoms in total. The van der Waals surface area contributed by atoms with E-state index in [1.165, 1.54) is 0 Å². The predicted molar refractivity (Wildman–Crippen MR) is 395 cm³/mol. The molecule has 99 heavy (non-hydrogen) atoms. The van der Waals surface area contributed by atoms with Crippen LogP contribution in [0.3, 0.4) is 0 Å². The van der Waals surface area contributed by atoms with Crippen LogP contribution in [-0.2, 0) is 56.0 Å². The number of aromatic nitrogens is 2. The standard InChI is InChI=1S/C76H126N14O9/c1-50(2)45-76(99)90-65(53(7)8)33-41-73(96)85-57(20-14-17-43-78)27-36-71(94)87-60(47-55-49-82-67-25-12-10-23-62(55)67)30-39-75(98)89-64(52(5)6)32-40-72(95)84-56(19-13-16-42-77)26-35-70(93)86-59(46-54-48-81-66-24-11-9-22-61(54)66)29-38-69(92)83-58(21-15-18-44-79)28-37-74(97)88-63(51(3)4)31-34-68(80)91/h9-12,22-25,48-53,56-60,63-65,81-82H,13-21,26-47,77-79H2,1-8H3,(H2,80,91)(H,83,92)(H,84,95)(H,85,96)(H,86,93)(H,87,94)(H,88,97)(H,89,98)(H,90,99)/t56-,57-,58-,59+,60+,63-,64-,65-/m0/s1. The summed E-state index contributed by atoms with van der Waals surface area (Å²) in [6.07, 6.45) is 16.3. The molecule has 0 fully saturated rings. The number of carbonyl (C=O) groups excluding carboxylic acids is 9. The number of primary amides is 1. The zero-order chi connectivity index (χ0) is 72.7. The summed E-state index contributed by atoms with van der Waals surface area (Å²) in [5, 5.41) is 27.4. The molecule has 0 aliphatic carbocycles. The summed E-state index contributed by atoms with van der Waals surface area (Å²) in [6.45, 7) is 17.5. The molecule has 8 atom stereocenters. The number of aromatic amines is 2. The highest BCUT2D eigenvalue weighted by Crippen LogP contribution is 2.24. The van der Waals surface area contributed by atoms with E-state index in [2.05, 4.69) is 52.5 Å². The van der Waals surface area contributed by atoms with Crippen molar-refractivity contribution in [2.24, 2.45) is 46.6 Å². The predicted octanol–water partition coefficient (Wildman–Crippen LogP) is 8.44. The molecule has 0 saturated carbocycles. The Hall–Kier alpha value is -7.37. The Morgan fingerprint density at radius 1 is 0.343 bits per heavy atom. The van der Waals surface area contributed by atoms with Crippen molar-refractivity contribution in [2.45, 2.75) is 284 Å². The Morgan fingerprint density at radius 2 is 0.626 bits per heavy atom. The summed E-state index contributed by atoms with van der Waals surface area (Å²) in [6, 6.07) is 13.6. The van der Waals surface area contributed by atoms with Gasteiger partial charge >= 0.3 is 0 Å². The molecule has 0 aliphatic heterocycles. The van der Waals surface area contributed by atoms with Gasteiger partial charge in [-0.3, -0.25) is 43.2 Å². The Bertz CT molecular complexity index is 3070. The molecule has 2 aromatic carbocycles. The van der Waals surface area contributed by atoms with Crippen molar-refractivity contribution < 1.29 is 43.2 Å². The highest BCUT2D eigenvalue weighted by atomic mass is 16.2. The van der Waals surface area contributed by atoms with E-state index in [9.17, 15) is 43.2 Å². The number of benzene rings is 2. The molecule has 4 rings (SSSR count). The van der Waals surface area contributed by atoms with Crippen molar-refractivity contribution in [1.82, 2.24) is 52.5 Å². The highest BCUT2D eigenvalue weighted by Gasteiger charge is 2.27. The second kappa shape index (κ2) is 46.9. The molecule has 18 N–H and O–H groups in total. The van der Waals surface area contributed by atoms with E-state index in [4.69, 9.17) is 22.9 Å². The molecule has 4 aromatic rings. The molecule has 0 bridgehead atoms. The first-order chi connectivity index (χ1) is 47.4. The van der Waals surface area contributed by atoms with Gasteiger partial charge in [0.1, 0.15) is 0 Å². The molecule has 554 valence electrons. The van der Waals surface area contributed by atoms with Crippen molar-refractivity contribution in [2.75, 3.05) is 19.6 Å². The third-order valence-corrected chi connectivity index (χ3v) is 18.8. The van der Waals surface area contributed by atoms with E-state index in [1.807, 2.05) is 116 Å². The number of H-pyrrole nitrogens is 2. The number of unbranched alkanes of at least 4 members (excludes halogenated alkanes) is 3. The fraction of sp³-hybridized carbons (Fsp3) is 0.671. The van der Waals surface area contributed by atoms with Crippen LogP contribution in [-0.4, -0.2) is 131 Å². The van der Waals surface area contributed by atoms with Gasteiger partial charge in [-0.2, -0.15) is 0 Å². The van der Waals surface area contributed by atoms with E-state index in [0.29, 0.717) is 110 Å². The first-order valence-corrected chi connectivity index (χ1v) is 37.2. The van der Waals surface area contributed by atoms with Crippen LogP contribution >= 0.6 is 0 Å². The molecule has 0 radical (unpaired) electrons. The summed E-state index contributed by atoms with van der Waals surface area (Å²) >= 11 is 0. The average Bonchev–Trinajstić information content (AvgIpc) is 1.73. The Balaban J connectivity index is 1.37. The molecule has 0 spiro atoms. The van der Waals surface area contributed by atoms with Gasteiger partial charge in [0, 0.05) is 140 Å². The number of hydrogen-bond donors (Lipinski definition) is 14. The molecule has 2 aromatic heterocycles. The summed E-state index contributed by atoms with van der Waals surface area (Å²) in [7, 11) is 0. The number of para-hydroxylation sites is 2. The van der Waals surface area contributed by atoms with E-state index in [0.717, 1.165) is 71.5 Å². The van der Waals surface area contributed by atoms with Crippen LogP contribution in [0.15, 0.2) is 60.9 Å². The maximum absolute atomic E-state index is 14.1. The first-order valence-electron chi connectivity index (χ1n) is 37.2. The average molecular weight is 1380 g/mol. The van der Waals surface area contributed by atoms with Crippen molar-refractivity contribution in [3.8, 4) is 0 Å². The van der Waals surface area contributed by atoms with E-state index in [1.54, 1.807) is 0 Å². The maximum atomic E-state index is 14.1. The number of amides is 9. The smallest absolute Gasteiger partial charge is 0.220 e. The van der Waals surface area contributed by atoms with E-state index >= 15 is 0 Å². The van der Waals surface area contributed by atoms with Crippen LogP contribution in [0.2, 0.25) is 0 Å². The van der Waals surface area contributed by atoms with Crippen LogP contribution in [0.4, 0.5) is 0 Å². The molecule has 0 aliphatic rings. The SMILES string of the molecule is CC(C)CC(=O)N[C@@H](CCC(=O)N[C@@H](CCCCN)CCC(=O)N[C@H](CCC(=O)N[C@@H](CCC(=O)N[C@@H](CCCCN)CCC(=O)N[C@H](CCC(=O)N[C@@H](CCCCN)CCC(=O)N[C@@H](CCC(N)=O)C(C)C)Cc1c[nH]c2ccccc12)C(C)C)Cc1c[nH]c2ccccc12)C(C)C. The van der Waals surface area contributed by atoms with Gasteiger partial charge in [0.05, 0.1) is 0 Å². The molecule has 0 unspecified atom stereocenters. The highest BCUT2D eigenvalue weighted by molar-refractivity contribution is 5.85. The minimum atomic E-state index is -0.421. The first kappa shape index (κ1) is 84.0. The normalized spacial score (nSPS) is 14.1. The van der Waals surface area contributed by atoms with Gasteiger partial charge in [0.25, 0.3) is 0 Å². The van der Waals surface area contributed by atoms with Crippen LogP contribution in [0, 0.1) is 23.7 Å². The summed E-state index contributed by atoms with van der Waals surface area (Å²) in [5.41, 5.74) is 26.9. The summed E-state index contributed by atoms with van der Waals surface area (Å²) in [4.78, 5) is 127. The minimum absolute atomic E-state index is 0.00692. The van der Waals surface area contributed by atoms with Gasteiger partial charge in [-0.15, -0.1) is 0 Å². The zero-order valence-corrected chi connectivity index (χ0v) is 61.1. The van der Waals surface area contributed by atoms with Gasteiger partial charge < -0.3 is 75.4 Å². The molecule has 9 amide bonds. The number of nitrogens with one attached hydrogen (secondary N) is 10. The Labute approximate surface area is 589 Å². The van der Waals surface area contributed by atoms with Crippen LogP contribution in [0.25, 0.3) is 21.8 Å². The largest absolute Gasteiger partial charge is 0.370 e. The second-order valence-corrected chi connectivity index (χ2v) is 28.9. The second-order valence-electron chi connectivity index (χ2n) is 28.9. The van der Waals surface area contributed by atoms with Gasteiger partial charge in [0.15, 0.2) is 0 Å². The third kappa shape index (κ3) is 34.5. The molecule has 2 heterocycles. The van der Waals surface area contributed by atoms with Crippen molar-refractivity contribution in [3.05, 3.63) is 72.1 Å². The fourth-order valence-corrected chi connectivity index (χ4v) is 12.9. The lowest BCUT2D eigenvalue weighted by Crippen LogP contribution is -2.43. The number of carbonyl (C=O) groups is 9. The minimum Gasteiger partial charge on any atom is -0.370 e. The zero-order valence-electron chi connectivity index (χ0n) is 61.1. The third-order valence-electron chi connectivity index (χ3n) is 18.8. The van der Waals surface area contributed by atoms with Gasteiger partial charge in [-0.25, -0.2) is 0 Å². The van der Waals surface area contributed by atoms with Gasteiger partial charge in [-0.1, -0.05) is 111 Å². The molecule has 23 heteroatoms. The van der Waals surface area contributed by atoms with Gasteiger partial charge in [-0.05, 0) is 169 Å². The Morgan fingerprint density at radius 3 is 0.939 bits per heavy atom. The van der Waals surface area contributed by atoms with Gasteiger partial charge in [0.2, 0.25) is 53.2 Å².